The van der Waals surface area contributed by atoms with E-state index in [0.29, 0.717) is 0 Å². The average Bonchev–Trinajstić information content (AvgIpc) is 2.41. The number of unbranched alkanes of at least 4 members (excludes halogenated alkanes) is 5. The molecule has 0 spiro atoms. The maximum atomic E-state index is 5.25. The van der Waals surface area contributed by atoms with Crippen molar-refractivity contribution < 1.29 is 0 Å². The lowest BCUT2D eigenvalue weighted by atomic mass is 10.0. The average molecular weight is 242 g/mol. The molecule has 0 bridgehead atoms. The van der Waals surface area contributed by atoms with Crippen molar-refractivity contribution in [3.8, 4) is 12.3 Å². The lowest BCUT2D eigenvalue weighted by Gasteiger charge is -2.04. The molecule has 0 amide bonds. The first-order chi connectivity index (χ1) is 8.86. The molecule has 0 aromatic heterocycles. The molecule has 0 radical (unpaired) electrons. The molecule has 98 valence electrons. The summed E-state index contributed by atoms with van der Waals surface area (Å²) >= 11 is 0. The van der Waals surface area contributed by atoms with Gasteiger partial charge >= 0.3 is 0 Å². The summed E-state index contributed by atoms with van der Waals surface area (Å²) in [6, 6.07) is 9.15. The van der Waals surface area contributed by atoms with Gasteiger partial charge in [0, 0.05) is 6.42 Å². The minimum absolute atomic E-state index is 0.912. The fourth-order valence-electron chi connectivity index (χ4n) is 2.18. The molecule has 0 aliphatic rings. The lowest BCUT2D eigenvalue weighted by Crippen LogP contribution is -1.89. The zero-order valence-electron chi connectivity index (χ0n) is 11.8. The molecule has 0 nitrogen and oxygen atoms in total. The molecule has 0 atom stereocenters. The Morgan fingerprint density at radius 3 is 1.89 bits per heavy atom. The van der Waals surface area contributed by atoms with Crippen LogP contribution in [-0.2, 0) is 12.8 Å². The van der Waals surface area contributed by atoms with Crippen molar-refractivity contribution in [1.29, 1.82) is 0 Å². The van der Waals surface area contributed by atoms with Crippen molar-refractivity contribution in [1.82, 2.24) is 0 Å². The molecule has 0 unspecified atom stereocenters. The summed E-state index contributed by atoms with van der Waals surface area (Å²) in [6.07, 6.45) is 16.3. The van der Waals surface area contributed by atoms with Crippen molar-refractivity contribution >= 4 is 0 Å². The van der Waals surface area contributed by atoms with Gasteiger partial charge in [0.1, 0.15) is 0 Å². The van der Waals surface area contributed by atoms with Crippen LogP contribution in [0.1, 0.15) is 63.0 Å². The Kier molecular flexibility index (Phi) is 8.06. The number of hydrogen-bond acceptors (Lipinski definition) is 0. The molecule has 1 aromatic carbocycles. The Hall–Kier alpha value is -1.22. The third-order valence-corrected chi connectivity index (χ3v) is 3.38. The second-order valence-corrected chi connectivity index (χ2v) is 5.04. The van der Waals surface area contributed by atoms with Crippen LogP contribution in [0, 0.1) is 12.3 Å². The van der Waals surface area contributed by atoms with Crippen LogP contribution in [-0.4, -0.2) is 0 Å². The summed E-state index contributed by atoms with van der Waals surface area (Å²) < 4.78 is 0. The lowest BCUT2D eigenvalue weighted by molar-refractivity contribution is 0.666. The molecule has 0 aliphatic carbocycles. The zero-order chi connectivity index (χ0) is 13.1. The summed E-state index contributed by atoms with van der Waals surface area (Å²) in [5, 5.41) is 0. The van der Waals surface area contributed by atoms with E-state index in [1.54, 1.807) is 0 Å². The van der Waals surface area contributed by atoms with Gasteiger partial charge in [-0.25, -0.2) is 0 Å². The van der Waals surface area contributed by atoms with Gasteiger partial charge in [-0.2, -0.15) is 0 Å². The van der Waals surface area contributed by atoms with Gasteiger partial charge in [-0.05, 0) is 43.2 Å². The van der Waals surface area contributed by atoms with Crippen LogP contribution in [0.25, 0.3) is 0 Å². The molecule has 0 saturated heterocycles. The number of terminal acetylenes is 1. The highest BCUT2D eigenvalue weighted by molar-refractivity contribution is 5.22. The van der Waals surface area contributed by atoms with Gasteiger partial charge in [-0.3, -0.25) is 0 Å². The number of hydrogen-bond donors (Lipinski definition) is 0. The SMILES string of the molecule is C#CCCCCc1ccc(CCCCCC)cc1. The van der Waals surface area contributed by atoms with Gasteiger partial charge in [-0.15, -0.1) is 12.3 Å². The van der Waals surface area contributed by atoms with E-state index in [1.165, 1.54) is 49.7 Å². The Bertz CT molecular complexity index is 339. The summed E-state index contributed by atoms with van der Waals surface area (Å²) in [4.78, 5) is 0. The van der Waals surface area contributed by atoms with E-state index >= 15 is 0 Å². The quantitative estimate of drug-likeness (QED) is 0.415. The van der Waals surface area contributed by atoms with E-state index in [4.69, 9.17) is 6.42 Å². The highest BCUT2D eigenvalue weighted by Gasteiger charge is 1.96. The minimum Gasteiger partial charge on any atom is -0.120 e. The molecular weight excluding hydrogens is 216 g/mol. The molecule has 0 fully saturated rings. The first-order valence-electron chi connectivity index (χ1n) is 7.38. The topological polar surface area (TPSA) is 0 Å². The Morgan fingerprint density at radius 1 is 0.833 bits per heavy atom. The Balaban J connectivity index is 2.23. The monoisotopic (exact) mass is 242 g/mol. The van der Waals surface area contributed by atoms with Gasteiger partial charge in [0.25, 0.3) is 0 Å². The van der Waals surface area contributed by atoms with Gasteiger partial charge in [0.2, 0.25) is 0 Å². The Labute approximate surface area is 113 Å². The van der Waals surface area contributed by atoms with Crippen molar-refractivity contribution in [2.45, 2.75) is 64.7 Å². The predicted molar refractivity (Wildman–Crippen MR) is 80.7 cm³/mol. The standard InChI is InChI=1S/C18H26/c1-3-5-7-9-11-17-13-15-18(16-14-17)12-10-8-6-4-2/h1,13-16H,4-12H2,2H3. The minimum atomic E-state index is 0.912. The van der Waals surface area contributed by atoms with Gasteiger partial charge in [-0.1, -0.05) is 50.5 Å². The molecule has 1 rings (SSSR count). The van der Waals surface area contributed by atoms with Gasteiger partial charge in [0.15, 0.2) is 0 Å². The second kappa shape index (κ2) is 9.77. The fraction of sp³-hybridized carbons (Fsp3) is 0.556. The van der Waals surface area contributed by atoms with E-state index < -0.39 is 0 Å². The predicted octanol–water partition coefficient (Wildman–Crippen LogP) is 5.16. The largest absolute Gasteiger partial charge is 0.120 e. The molecular formula is C18H26. The van der Waals surface area contributed by atoms with Crippen LogP contribution in [0.15, 0.2) is 24.3 Å². The molecule has 0 heteroatoms. The van der Waals surface area contributed by atoms with Crippen molar-refractivity contribution in [3.63, 3.8) is 0 Å². The molecule has 18 heavy (non-hydrogen) atoms. The summed E-state index contributed by atoms with van der Waals surface area (Å²) in [6.45, 7) is 2.26. The Morgan fingerprint density at radius 2 is 1.39 bits per heavy atom. The van der Waals surface area contributed by atoms with Crippen molar-refractivity contribution in [2.75, 3.05) is 0 Å². The summed E-state index contributed by atoms with van der Waals surface area (Å²) in [7, 11) is 0. The van der Waals surface area contributed by atoms with Crippen LogP contribution >= 0.6 is 0 Å². The van der Waals surface area contributed by atoms with Gasteiger partial charge < -0.3 is 0 Å². The number of benzene rings is 1. The van der Waals surface area contributed by atoms with E-state index in [-0.39, 0.29) is 0 Å². The van der Waals surface area contributed by atoms with Crippen molar-refractivity contribution in [2.24, 2.45) is 0 Å². The van der Waals surface area contributed by atoms with Crippen LogP contribution < -0.4 is 0 Å². The molecule has 0 saturated carbocycles. The zero-order valence-corrected chi connectivity index (χ0v) is 11.8. The van der Waals surface area contributed by atoms with E-state index in [1.807, 2.05) is 0 Å². The highest BCUT2D eigenvalue weighted by atomic mass is 14.0. The van der Waals surface area contributed by atoms with Crippen LogP contribution in [0.4, 0.5) is 0 Å². The van der Waals surface area contributed by atoms with Crippen LogP contribution in [0.2, 0.25) is 0 Å². The first kappa shape index (κ1) is 14.8. The van der Waals surface area contributed by atoms with Crippen molar-refractivity contribution in [3.05, 3.63) is 35.4 Å². The number of aryl methyl sites for hydroxylation is 2. The molecule has 0 heterocycles. The van der Waals surface area contributed by atoms with E-state index in [0.717, 1.165) is 19.3 Å². The molecule has 0 N–H and O–H groups in total. The van der Waals surface area contributed by atoms with Gasteiger partial charge in [0.05, 0.1) is 0 Å². The summed E-state index contributed by atoms with van der Waals surface area (Å²) in [5.41, 5.74) is 2.93. The molecule has 1 aromatic rings. The second-order valence-electron chi connectivity index (χ2n) is 5.04. The smallest absolute Gasteiger partial charge is 0.00861 e. The fourth-order valence-corrected chi connectivity index (χ4v) is 2.18. The highest BCUT2D eigenvalue weighted by Crippen LogP contribution is 2.11. The third-order valence-electron chi connectivity index (χ3n) is 3.38. The van der Waals surface area contributed by atoms with Crippen LogP contribution in [0.3, 0.4) is 0 Å². The number of rotatable bonds is 9. The first-order valence-corrected chi connectivity index (χ1v) is 7.38. The van der Waals surface area contributed by atoms with Crippen LogP contribution in [0.5, 0.6) is 0 Å². The molecule has 0 aliphatic heterocycles. The normalized spacial score (nSPS) is 10.2. The maximum absolute atomic E-state index is 5.25. The maximum Gasteiger partial charge on any atom is 0.00861 e. The third kappa shape index (κ3) is 6.50. The van der Waals surface area contributed by atoms with E-state index in [9.17, 15) is 0 Å². The van der Waals surface area contributed by atoms with E-state index in [2.05, 4.69) is 37.1 Å². The summed E-state index contributed by atoms with van der Waals surface area (Å²) in [5.74, 6) is 2.70.